The van der Waals surface area contributed by atoms with Gasteiger partial charge in [-0.3, -0.25) is 4.90 Å². The molecule has 1 saturated heterocycles. The molecule has 0 amide bonds. The number of likely N-dealkylation sites (N-methyl/N-ethyl adjacent to an activating group) is 1. The van der Waals surface area contributed by atoms with Crippen molar-refractivity contribution in [2.75, 3.05) is 71.7 Å². The van der Waals surface area contributed by atoms with Crippen LogP contribution in [0.25, 0.3) is 0 Å². The number of aromatic carboxylic acids is 1. The molecule has 10 heteroatoms. The molecule has 1 fully saturated rings. The molecule has 134 valence electrons. The fourth-order valence-corrected chi connectivity index (χ4v) is 2.10. The monoisotopic (exact) mass is 341 g/mol. The number of ether oxygens (including phenoxy) is 3. The standard InChI is InChI=1S/C14H23N5O5/c1-18(3-7-22-2)13-15-11(12(20)21)16-14(17-13)24-10-6-19-4-8-23-9-5-19/h3-10H2,1-2H3,(H,20,21). The van der Waals surface area contributed by atoms with Crippen LogP contribution in [0, 0.1) is 0 Å². The van der Waals surface area contributed by atoms with Crippen molar-refractivity contribution in [3.8, 4) is 6.01 Å². The summed E-state index contributed by atoms with van der Waals surface area (Å²) in [4.78, 5) is 27.0. The highest BCUT2D eigenvalue weighted by molar-refractivity contribution is 5.83. The van der Waals surface area contributed by atoms with Crippen LogP contribution in [-0.4, -0.2) is 97.7 Å². The van der Waals surface area contributed by atoms with E-state index in [1.54, 1.807) is 19.1 Å². The number of nitrogens with zero attached hydrogens (tertiary/aromatic N) is 5. The van der Waals surface area contributed by atoms with Crippen LogP contribution in [0.2, 0.25) is 0 Å². The number of carbonyl (C=O) groups is 1. The molecule has 0 atom stereocenters. The Kier molecular flexibility index (Phi) is 7.09. The molecule has 0 radical (unpaired) electrons. The lowest BCUT2D eigenvalue weighted by atomic mass is 10.4. The smallest absolute Gasteiger partial charge is 0.374 e. The van der Waals surface area contributed by atoms with Crippen LogP contribution in [0.1, 0.15) is 10.6 Å². The predicted molar refractivity (Wildman–Crippen MR) is 84.7 cm³/mol. The Hall–Kier alpha value is -2.04. The van der Waals surface area contributed by atoms with Crippen LogP contribution in [0.5, 0.6) is 6.01 Å². The first-order valence-corrected chi connectivity index (χ1v) is 7.72. The zero-order valence-corrected chi connectivity index (χ0v) is 14.0. The minimum absolute atomic E-state index is 0.00919. The Morgan fingerprint density at radius 3 is 2.71 bits per heavy atom. The van der Waals surface area contributed by atoms with E-state index >= 15 is 0 Å². The van der Waals surface area contributed by atoms with E-state index in [0.717, 1.165) is 13.1 Å². The van der Waals surface area contributed by atoms with Crippen LogP contribution in [0.4, 0.5) is 5.95 Å². The third-order valence-corrected chi connectivity index (χ3v) is 3.51. The van der Waals surface area contributed by atoms with Gasteiger partial charge < -0.3 is 24.2 Å². The lowest BCUT2D eigenvalue weighted by Gasteiger charge is -2.26. The number of hydrogen-bond acceptors (Lipinski definition) is 9. The van der Waals surface area contributed by atoms with Gasteiger partial charge in [0.25, 0.3) is 0 Å². The number of rotatable bonds is 9. The molecule has 1 aliphatic rings. The van der Waals surface area contributed by atoms with Crippen molar-refractivity contribution in [3.63, 3.8) is 0 Å². The van der Waals surface area contributed by atoms with Gasteiger partial charge in [0.1, 0.15) is 6.61 Å². The summed E-state index contributed by atoms with van der Waals surface area (Å²) in [6.45, 7) is 5.19. The van der Waals surface area contributed by atoms with Crippen molar-refractivity contribution >= 4 is 11.9 Å². The van der Waals surface area contributed by atoms with E-state index < -0.39 is 5.97 Å². The summed E-state index contributed by atoms with van der Waals surface area (Å²) in [6.07, 6.45) is 0. The Morgan fingerprint density at radius 2 is 2.04 bits per heavy atom. The number of aromatic nitrogens is 3. The van der Waals surface area contributed by atoms with Crippen molar-refractivity contribution < 1.29 is 24.1 Å². The molecule has 10 nitrogen and oxygen atoms in total. The molecular formula is C14H23N5O5. The molecule has 24 heavy (non-hydrogen) atoms. The van der Waals surface area contributed by atoms with Crippen LogP contribution in [-0.2, 0) is 9.47 Å². The van der Waals surface area contributed by atoms with Crippen LogP contribution < -0.4 is 9.64 Å². The van der Waals surface area contributed by atoms with Gasteiger partial charge in [0.2, 0.25) is 11.8 Å². The van der Waals surface area contributed by atoms with E-state index in [2.05, 4.69) is 19.9 Å². The van der Waals surface area contributed by atoms with Crippen LogP contribution >= 0.6 is 0 Å². The average molecular weight is 341 g/mol. The minimum Gasteiger partial charge on any atom is -0.475 e. The maximum atomic E-state index is 11.2. The van der Waals surface area contributed by atoms with Gasteiger partial charge in [0, 0.05) is 40.3 Å². The lowest BCUT2D eigenvalue weighted by Crippen LogP contribution is -2.38. The number of carboxylic acid groups (broad SMARTS) is 1. The van der Waals surface area contributed by atoms with E-state index in [0.29, 0.717) is 39.5 Å². The number of morpholine rings is 1. The van der Waals surface area contributed by atoms with Crippen LogP contribution in [0.15, 0.2) is 0 Å². The van der Waals surface area contributed by atoms with E-state index in [1.165, 1.54) is 0 Å². The molecule has 0 aromatic carbocycles. The molecule has 2 rings (SSSR count). The second kappa shape index (κ2) is 9.30. The summed E-state index contributed by atoms with van der Waals surface area (Å²) in [6, 6.07) is 0.00919. The van der Waals surface area contributed by atoms with E-state index in [-0.39, 0.29) is 17.8 Å². The maximum absolute atomic E-state index is 11.2. The van der Waals surface area contributed by atoms with E-state index in [9.17, 15) is 4.79 Å². The minimum atomic E-state index is -1.23. The number of anilines is 1. The zero-order valence-electron chi connectivity index (χ0n) is 14.0. The number of hydrogen-bond donors (Lipinski definition) is 1. The van der Waals surface area contributed by atoms with Gasteiger partial charge in [-0.15, -0.1) is 0 Å². The molecule has 1 aromatic rings. The van der Waals surface area contributed by atoms with Crippen molar-refractivity contribution in [2.45, 2.75) is 0 Å². The van der Waals surface area contributed by atoms with E-state index in [4.69, 9.17) is 19.3 Å². The summed E-state index contributed by atoms with van der Waals surface area (Å²) in [5.41, 5.74) is 0. The Balaban J connectivity index is 1.98. The summed E-state index contributed by atoms with van der Waals surface area (Å²) < 4.78 is 15.8. The highest BCUT2D eigenvalue weighted by atomic mass is 16.5. The summed E-state index contributed by atoms with van der Waals surface area (Å²) in [5.74, 6) is -1.33. The van der Waals surface area contributed by atoms with Gasteiger partial charge in [-0.25, -0.2) is 4.79 Å². The summed E-state index contributed by atoms with van der Waals surface area (Å²) in [5, 5.41) is 9.15. The second-order valence-electron chi connectivity index (χ2n) is 5.26. The molecule has 1 aromatic heterocycles. The third-order valence-electron chi connectivity index (χ3n) is 3.51. The first kappa shape index (κ1) is 18.3. The second-order valence-corrected chi connectivity index (χ2v) is 5.26. The third kappa shape index (κ3) is 5.55. The largest absolute Gasteiger partial charge is 0.475 e. The predicted octanol–water partition coefficient (Wildman–Crippen LogP) is -0.637. The number of methoxy groups -OCH3 is 1. The van der Waals surface area contributed by atoms with Gasteiger partial charge in [0.05, 0.1) is 19.8 Å². The zero-order chi connectivity index (χ0) is 17.4. The molecule has 0 saturated carbocycles. The maximum Gasteiger partial charge on any atom is 0.374 e. The van der Waals surface area contributed by atoms with Crippen molar-refractivity contribution in [2.24, 2.45) is 0 Å². The van der Waals surface area contributed by atoms with Crippen LogP contribution in [0.3, 0.4) is 0 Å². The summed E-state index contributed by atoms with van der Waals surface area (Å²) >= 11 is 0. The SMILES string of the molecule is COCCN(C)c1nc(OCCN2CCOCC2)nc(C(=O)O)n1. The molecule has 0 bridgehead atoms. The van der Waals surface area contributed by atoms with Gasteiger partial charge in [-0.1, -0.05) is 0 Å². The molecule has 0 aliphatic carbocycles. The van der Waals surface area contributed by atoms with Crippen molar-refractivity contribution in [1.82, 2.24) is 19.9 Å². The Bertz CT molecular complexity index is 538. The molecular weight excluding hydrogens is 318 g/mol. The number of carboxylic acids is 1. The Morgan fingerprint density at radius 1 is 1.29 bits per heavy atom. The normalized spacial score (nSPS) is 15.2. The highest BCUT2D eigenvalue weighted by Gasteiger charge is 2.16. The van der Waals surface area contributed by atoms with Gasteiger partial charge in [-0.05, 0) is 0 Å². The lowest BCUT2D eigenvalue weighted by molar-refractivity contribution is 0.0316. The first-order chi connectivity index (χ1) is 11.6. The van der Waals surface area contributed by atoms with Gasteiger partial charge >= 0.3 is 12.0 Å². The van der Waals surface area contributed by atoms with Crippen molar-refractivity contribution in [3.05, 3.63) is 5.82 Å². The fraction of sp³-hybridized carbons (Fsp3) is 0.714. The molecule has 1 aliphatic heterocycles. The van der Waals surface area contributed by atoms with Gasteiger partial charge in [-0.2, -0.15) is 15.0 Å². The van der Waals surface area contributed by atoms with Crippen molar-refractivity contribution in [1.29, 1.82) is 0 Å². The molecule has 1 N–H and O–H groups in total. The molecule has 0 spiro atoms. The molecule has 2 heterocycles. The molecule has 0 unspecified atom stereocenters. The Labute approximate surface area is 140 Å². The average Bonchev–Trinajstić information content (AvgIpc) is 2.60. The first-order valence-electron chi connectivity index (χ1n) is 7.72. The highest BCUT2D eigenvalue weighted by Crippen LogP contribution is 2.11. The van der Waals surface area contributed by atoms with E-state index in [1.807, 2.05) is 0 Å². The fourth-order valence-electron chi connectivity index (χ4n) is 2.10. The topological polar surface area (TPSA) is 110 Å². The summed E-state index contributed by atoms with van der Waals surface area (Å²) in [7, 11) is 3.33. The quantitative estimate of drug-likeness (QED) is 0.623. The van der Waals surface area contributed by atoms with Gasteiger partial charge in [0.15, 0.2) is 0 Å².